The Bertz CT molecular complexity index is 1290. The molecule has 0 amide bonds. The average molecular weight is 454 g/mol. The smallest absolute Gasteiger partial charge is 0.138 e. The molecule has 4 nitrogen and oxygen atoms in total. The molecule has 0 aliphatic heterocycles. The van der Waals surface area contributed by atoms with Gasteiger partial charge in [0.25, 0.3) is 0 Å². The molecule has 2 heterocycles. The highest BCUT2D eigenvalue weighted by atomic mass is 35.5. The Balaban J connectivity index is 2.01. The summed E-state index contributed by atoms with van der Waals surface area (Å²) < 4.78 is 2.06. The standard InChI is InChI=1S/C28H24ClN3O/c1-2-23-27-24(19-33)30-26(29)18-25(27)32(31-23)28(20-12-6-3-7-13-20,21-14-8-4-9-15-21)22-16-10-5-11-17-22/h3-18,33H,2,19H2,1H3. The van der Waals surface area contributed by atoms with Gasteiger partial charge in [-0.05, 0) is 23.1 Å². The van der Waals surface area contributed by atoms with E-state index in [2.05, 4.69) is 89.4 Å². The summed E-state index contributed by atoms with van der Waals surface area (Å²) in [6.45, 7) is 1.86. The van der Waals surface area contributed by atoms with Crippen molar-refractivity contribution in [2.45, 2.75) is 25.5 Å². The summed E-state index contributed by atoms with van der Waals surface area (Å²) in [6, 6.07) is 33.0. The van der Waals surface area contributed by atoms with E-state index in [1.807, 2.05) is 24.3 Å². The lowest BCUT2D eigenvalue weighted by Crippen LogP contribution is -2.38. The number of hydrogen-bond acceptors (Lipinski definition) is 3. The van der Waals surface area contributed by atoms with Crippen LogP contribution in [0.5, 0.6) is 0 Å². The summed E-state index contributed by atoms with van der Waals surface area (Å²) in [5.41, 5.74) is 4.74. The molecule has 1 N–H and O–H groups in total. The predicted molar refractivity (Wildman–Crippen MR) is 132 cm³/mol. The van der Waals surface area contributed by atoms with Crippen LogP contribution in [-0.2, 0) is 18.6 Å². The second-order valence-corrected chi connectivity index (χ2v) is 8.35. The first-order valence-electron chi connectivity index (χ1n) is 11.0. The molecule has 0 fully saturated rings. The molecule has 0 radical (unpaired) electrons. The Labute approximate surface area is 198 Å². The van der Waals surface area contributed by atoms with Crippen molar-refractivity contribution in [1.29, 1.82) is 0 Å². The van der Waals surface area contributed by atoms with Crippen molar-refractivity contribution in [2.24, 2.45) is 0 Å². The number of aliphatic hydroxyl groups is 1. The van der Waals surface area contributed by atoms with Gasteiger partial charge in [0.15, 0.2) is 0 Å². The van der Waals surface area contributed by atoms with E-state index in [4.69, 9.17) is 16.7 Å². The molecule has 0 saturated heterocycles. The van der Waals surface area contributed by atoms with Gasteiger partial charge >= 0.3 is 0 Å². The minimum Gasteiger partial charge on any atom is -0.390 e. The van der Waals surface area contributed by atoms with Crippen LogP contribution in [0.15, 0.2) is 97.1 Å². The maximum absolute atomic E-state index is 10.1. The Morgan fingerprint density at radius 1 is 0.788 bits per heavy atom. The van der Waals surface area contributed by atoms with E-state index in [-0.39, 0.29) is 6.61 Å². The van der Waals surface area contributed by atoms with Crippen molar-refractivity contribution in [3.05, 3.63) is 130 Å². The Morgan fingerprint density at radius 3 is 1.70 bits per heavy atom. The molecule has 0 atom stereocenters. The number of aromatic nitrogens is 3. The first kappa shape index (κ1) is 21.4. The first-order valence-corrected chi connectivity index (χ1v) is 11.4. The van der Waals surface area contributed by atoms with Crippen LogP contribution in [0, 0.1) is 0 Å². The molecule has 164 valence electrons. The van der Waals surface area contributed by atoms with E-state index in [0.29, 0.717) is 17.3 Å². The van der Waals surface area contributed by atoms with Crippen LogP contribution in [0.3, 0.4) is 0 Å². The molecule has 3 aromatic carbocycles. The van der Waals surface area contributed by atoms with E-state index in [0.717, 1.165) is 33.3 Å². The van der Waals surface area contributed by atoms with E-state index < -0.39 is 5.54 Å². The molecular formula is C28H24ClN3O. The minimum absolute atomic E-state index is 0.204. The molecule has 33 heavy (non-hydrogen) atoms. The SMILES string of the molecule is CCc1nn(C(c2ccccc2)(c2ccccc2)c2ccccc2)c2cc(Cl)nc(CO)c12. The third-order valence-corrected chi connectivity index (χ3v) is 6.35. The zero-order valence-electron chi connectivity index (χ0n) is 18.3. The largest absolute Gasteiger partial charge is 0.390 e. The number of rotatable bonds is 6. The van der Waals surface area contributed by atoms with Crippen molar-refractivity contribution >= 4 is 22.5 Å². The molecule has 0 spiro atoms. The number of hydrogen-bond donors (Lipinski definition) is 1. The normalized spacial score (nSPS) is 11.7. The molecule has 0 aliphatic rings. The van der Waals surface area contributed by atoms with Gasteiger partial charge in [-0.1, -0.05) is 110 Å². The van der Waals surface area contributed by atoms with Crippen LogP contribution >= 0.6 is 11.6 Å². The zero-order valence-corrected chi connectivity index (χ0v) is 19.1. The van der Waals surface area contributed by atoms with Crippen LogP contribution in [-0.4, -0.2) is 19.9 Å². The highest BCUT2D eigenvalue weighted by Gasteiger charge is 2.41. The average Bonchev–Trinajstić information content (AvgIpc) is 3.25. The van der Waals surface area contributed by atoms with Gasteiger partial charge in [-0.2, -0.15) is 5.10 Å². The van der Waals surface area contributed by atoms with Crippen molar-refractivity contribution in [1.82, 2.24) is 14.8 Å². The van der Waals surface area contributed by atoms with Crippen molar-refractivity contribution in [3.63, 3.8) is 0 Å². The first-order chi connectivity index (χ1) is 16.2. The second kappa shape index (κ2) is 8.81. The van der Waals surface area contributed by atoms with Crippen LogP contribution in [0.2, 0.25) is 5.15 Å². The lowest BCUT2D eigenvalue weighted by Gasteiger charge is -2.37. The zero-order chi connectivity index (χ0) is 22.8. The number of nitrogens with zero attached hydrogens (tertiary/aromatic N) is 3. The summed E-state index contributed by atoms with van der Waals surface area (Å²) in [7, 11) is 0. The predicted octanol–water partition coefficient (Wildman–Crippen LogP) is 5.98. The fourth-order valence-corrected chi connectivity index (χ4v) is 4.98. The van der Waals surface area contributed by atoms with Crippen molar-refractivity contribution in [3.8, 4) is 0 Å². The summed E-state index contributed by atoms with van der Waals surface area (Å²) >= 11 is 6.45. The van der Waals surface area contributed by atoms with Crippen LogP contribution in [0.25, 0.3) is 10.9 Å². The number of aryl methyl sites for hydroxylation is 1. The topological polar surface area (TPSA) is 50.9 Å². The van der Waals surface area contributed by atoms with E-state index in [9.17, 15) is 5.11 Å². The Hall–Kier alpha value is -3.47. The van der Waals surface area contributed by atoms with Crippen molar-refractivity contribution in [2.75, 3.05) is 0 Å². The molecule has 0 aliphatic carbocycles. The highest BCUT2D eigenvalue weighted by molar-refractivity contribution is 6.30. The highest BCUT2D eigenvalue weighted by Crippen LogP contribution is 2.43. The summed E-state index contributed by atoms with van der Waals surface area (Å²) in [5, 5.41) is 16.4. The molecule has 0 saturated carbocycles. The molecule has 0 bridgehead atoms. The summed E-state index contributed by atoms with van der Waals surface area (Å²) in [5.74, 6) is 0. The number of benzene rings is 3. The van der Waals surface area contributed by atoms with Gasteiger partial charge in [0.05, 0.1) is 23.5 Å². The fraction of sp³-hybridized carbons (Fsp3) is 0.143. The van der Waals surface area contributed by atoms with Crippen LogP contribution in [0.4, 0.5) is 0 Å². The number of pyridine rings is 1. The van der Waals surface area contributed by atoms with Gasteiger partial charge in [0.1, 0.15) is 10.7 Å². The Morgan fingerprint density at radius 2 is 1.27 bits per heavy atom. The molecule has 5 rings (SSSR count). The number of fused-ring (bicyclic) bond motifs is 1. The lowest BCUT2D eigenvalue weighted by molar-refractivity contribution is 0.278. The van der Waals surface area contributed by atoms with E-state index >= 15 is 0 Å². The Kier molecular flexibility index (Phi) is 5.71. The van der Waals surface area contributed by atoms with Gasteiger partial charge in [0.2, 0.25) is 0 Å². The van der Waals surface area contributed by atoms with Gasteiger partial charge < -0.3 is 5.11 Å². The van der Waals surface area contributed by atoms with E-state index in [1.54, 1.807) is 0 Å². The van der Waals surface area contributed by atoms with Gasteiger partial charge in [-0.15, -0.1) is 0 Å². The summed E-state index contributed by atoms with van der Waals surface area (Å²) in [4.78, 5) is 4.40. The third kappa shape index (κ3) is 3.43. The second-order valence-electron chi connectivity index (χ2n) is 7.96. The molecule has 2 aromatic heterocycles. The van der Waals surface area contributed by atoms with Gasteiger partial charge in [-0.25, -0.2) is 9.67 Å². The quantitative estimate of drug-likeness (QED) is 0.254. The fourth-order valence-electron chi connectivity index (χ4n) is 4.78. The van der Waals surface area contributed by atoms with Crippen LogP contribution in [0.1, 0.15) is 35.0 Å². The monoisotopic (exact) mass is 453 g/mol. The van der Waals surface area contributed by atoms with Crippen molar-refractivity contribution < 1.29 is 5.11 Å². The molecular weight excluding hydrogens is 430 g/mol. The maximum Gasteiger partial charge on any atom is 0.138 e. The van der Waals surface area contributed by atoms with Gasteiger partial charge in [-0.3, -0.25) is 0 Å². The summed E-state index contributed by atoms with van der Waals surface area (Å²) in [6.07, 6.45) is 0.703. The van der Waals surface area contributed by atoms with Crippen LogP contribution < -0.4 is 0 Å². The van der Waals surface area contributed by atoms with Gasteiger partial charge in [0, 0.05) is 11.5 Å². The molecule has 0 unspecified atom stereocenters. The lowest BCUT2D eigenvalue weighted by atomic mass is 9.77. The number of aliphatic hydroxyl groups excluding tert-OH is 1. The van der Waals surface area contributed by atoms with E-state index in [1.165, 1.54) is 0 Å². The molecule has 5 aromatic rings. The third-order valence-electron chi connectivity index (χ3n) is 6.16. The molecule has 5 heteroatoms. The minimum atomic E-state index is -0.757. The maximum atomic E-state index is 10.1. The number of halogens is 1.